The molecule has 1 spiro atoms. The first-order valence-electron chi connectivity index (χ1n) is 9.82. The van der Waals surface area contributed by atoms with Crippen molar-refractivity contribution in [1.29, 1.82) is 0 Å². The second-order valence-corrected chi connectivity index (χ2v) is 7.90. The van der Waals surface area contributed by atoms with Gasteiger partial charge < -0.3 is 14.5 Å². The molecule has 0 N–H and O–H groups in total. The maximum absolute atomic E-state index is 13.1. The van der Waals surface area contributed by atoms with Crippen LogP contribution in [-0.2, 0) is 4.79 Å². The Labute approximate surface area is 165 Å². The molecule has 0 bridgehead atoms. The number of ether oxygens (including phenoxy) is 1. The largest absolute Gasteiger partial charge is 0.497 e. The molecule has 28 heavy (non-hydrogen) atoms. The SMILES string of the molecule is COc1cccc(-c2cccc(C(=O)N3CCC4(CCCN(C)C4=O)C3)c2)c1. The molecular formula is C23H26N2O3. The van der Waals surface area contributed by atoms with Gasteiger partial charge in [0, 0.05) is 32.2 Å². The van der Waals surface area contributed by atoms with Crippen LogP contribution in [-0.4, -0.2) is 55.4 Å². The Morgan fingerprint density at radius 1 is 1.04 bits per heavy atom. The Morgan fingerprint density at radius 3 is 2.57 bits per heavy atom. The van der Waals surface area contributed by atoms with Gasteiger partial charge in [-0.15, -0.1) is 0 Å². The van der Waals surface area contributed by atoms with Crippen LogP contribution in [0.2, 0.25) is 0 Å². The van der Waals surface area contributed by atoms with Crippen LogP contribution in [0.15, 0.2) is 48.5 Å². The Morgan fingerprint density at radius 2 is 1.79 bits per heavy atom. The molecule has 4 rings (SSSR count). The highest BCUT2D eigenvalue weighted by molar-refractivity contribution is 5.96. The predicted molar refractivity (Wildman–Crippen MR) is 108 cm³/mol. The van der Waals surface area contributed by atoms with E-state index in [9.17, 15) is 9.59 Å². The first-order valence-corrected chi connectivity index (χ1v) is 9.82. The minimum atomic E-state index is -0.382. The molecule has 146 valence electrons. The summed E-state index contributed by atoms with van der Waals surface area (Å²) in [4.78, 5) is 29.5. The highest BCUT2D eigenvalue weighted by Gasteiger charge is 2.48. The third-order valence-corrected chi connectivity index (χ3v) is 6.10. The van der Waals surface area contributed by atoms with Crippen molar-refractivity contribution in [3.05, 3.63) is 54.1 Å². The predicted octanol–water partition coefficient (Wildman–Crippen LogP) is 3.45. The average Bonchev–Trinajstić information content (AvgIpc) is 3.16. The highest BCUT2D eigenvalue weighted by Crippen LogP contribution is 2.40. The maximum Gasteiger partial charge on any atom is 0.253 e. The molecule has 2 aromatic carbocycles. The molecule has 0 aliphatic carbocycles. The van der Waals surface area contributed by atoms with Crippen molar-refractivity contribution < 1.29 is 14.3 Å². The fraction of sp³-hybridized carbons (Fsp3) is 0.391. The molecule has 0 radical (unpaired) electrons. The molecule has 5 nitrogen and oxygen atoms in total. The van der Waals surface area contributed by atoms with Crippen molar-refractivity contribution in [2.24, 2.45) is 5.41 Å². The molecule has 1 atom stereocenters. The lowest BCUT2D eigenvalue weighted by molar-refractivity contribution is -0.143. The quantitative estimate of drug-likeness (QED) is 0.822. The summed E-state index contributed by atoms with van der Waals surface area (Å²) in [6, 6.07) is 15.5. The van der Waals surface area contributed by atoms with Gasteiger partial charge in [-0.1, -0.05) is 24.3 Å². The molecule has 2 fully saturated rings. The summed E-state index contributed by atoms with van der Waals surface area (Å²) in [5, 5.41) is 0. The summed E-state index contributed by atoms with van der Waals surface area (Å²) in [7, 11) is 3.51. The number of likely N-dealkylation sites (tertiary alicyclic amines) is 2. The van der Waals surface area contributed by atoms with E-state index in [1.807, 2.05) is 65.4 Å². The average molecular weight is 378 g/mol. The van der Waals surface area contributed by atoms with E-state index in [0.717, 1.165) is 42.7 Å². The molecule has 2 aliphatic rings. The first-order chi connectivity index (χ1) is 13.5. The molecule has 5 heteroatoms. The zero-order valence-electron chi connectivity index (χ0n) is 16.5. The van der Waals surface area contributed by atoms with Crippen LogP contribution < -0.4 is 4.74 Å². The number of hydrogen-bond donors (Lipinski definition) is 0. The van der Waals surface area contributed by atoms with Gasteiger partial charge in [0.2, 0.25) is 5.91 Å². The van der Waals surface area contributed by atoms with Gasteiger partial charge in [-0.05, 0) is 54.7 Å². The molecule has 1 unspecified atom stereocenters. The van der Waals surface area contributed by atoms with E-state index in [1.54, 1.807) is 7.11 Å². The molecule has 2 amide bonds. The Bertz CT molecular complexity index is 910. The summed E-state index contributed by atoms with van der Waals surface area (Å²) >= 11 is 0. The van der Waals surface area contributed by atoms with Gasteiger partial charge in [0.1, 0.15) is 5.75 Å². The second-order valence-electron chi connectivity index (χ2n) is 7.90. The van der Waals surface area contributed by atoms with Crippen LogP contribution in [0.5, 0.6) is 5.75 Å². The fourth-order valence-electron chi connectivity index (χ4n) is 4.51. The number of rotatable bonds is 3. The van der Waals surface area contributed by atoms with E-state index < -0.39 is 0 Å². The third-order valence-electron chi connectivity index (χ3n) is 6.10. The van der Waals surface area contributed by atoms with Gasteiger partial charge in [0.05, 0.1) is 12.5 Å². The van der Waals surface area contributed by atoms with Gasteiger partial charge in [0.15, 0.2) is 0 Å². The standard InChI is InChI=1S/C23H26N2O3/c1-24-12-5-10-23(22(24)27)11-13-25(16-23)21(26)19-8-3-6-17(14-19)18-7-4-9-20(15-18)28-2/h3-4,6-9,14-15H,5,10-13,16H2,1-2H3. The van der Waals surface area contributed by atoms with Crippen LogP contribution in [0.25, 0.3) is 11.1 Å². The lowest BCUT2D eigenvalue weighted by Crippen LogP contribution is -2.48. The third kappa shape index (κ3) is 3.26. The van der Waals surface area contributed by atoms with E-state index in [-0.39, 0.29) is 17.2 Å². The van der Waals surface area contributed by atoms with Crippen molar-refractivity contribution in [1.82, 2.24) is 9.80 Å². The van der Waals surface area contributed by atoms with Gasteiger partial charge in [0.25, 0.3) is 5.91 Å². The van der Waals surface area contributed by atoms with Crippen LogP contribution in [0.4, 0.5) is 0 Å². The Kier molecular flexibility index (Phi) is 4.84. The lowest BCUT2D eigenvalue weighted by Gasteiger charge is -2.37. The smallest absolute Gasteiger partial charge is 0.253 e. The van der Waals surface area contributed by atoms with E-state index in [0.29, 0.717) is 18.7 Å². The summed E-state index contributed by atoms with van der Waals surface area (Å²) in [5.74, 6) is 0.984. The maximum atomic E-state index is 13.1. The number of benzene rings is 2. The van der Waals surface area contributed by atoms with Crippen molar-refractivity contribution in [3.8, 4) is 16.9 Å². The van der Waals surface area contributed by atoms with E-state index in [2.05, 4.69) is 0 Å². The summed E-state index contributed by atoms with van der Waals surface area (Å²) in [6.45, 7) is 1.98. The monoisotopic (exact) mass is 378 g/mol. The molecule has 2 aliphatic heterocycles. The second kappa shape index (κ2) is 7.30. The fourth-order valence-corrected chi connectivity index (χ4v) is 4.51. The number of carbonyl (C=O) groups is 2. The number of hydrogen-bond acceptors (Lipinski definition) is 3. The van der Waals surface area contributed by atoms with Gasteiger partial charge in [-0.25, -0.2) is 0 Å². The summed E-state index contributed by atoms with van der Waals surface area (Å²) in [5.41, 5.74) is 2.27. The molecule has 0 saturated carbocycles. The topological polar surface area (TPSA) is 49.9 Å². The van der Waals surface area contributed by atoms with Gasteiger partial charge in [-0.2, -0.15) is 0 Å². The Balaban J connectivity index is 1.55. The van der Waals surface area contributed by atoms with Crippen molar-refractivity contribution in [2.45, 2.75) is 19.3 Å². The number of methoxy groups -OCH3 is 1. The van der Waals surface area contributed by atoms with Gasteiger partial charge in [-0.3, -0.25) is 9.59 Å². The van der Waals surface area contributed by atoms with Crippen LogP contribution >= 0.6 is 0 Å². The number of piperidine rings is 1. The Hall–Kier alpha value is -2.82. The first kappa shape index (κ1) is 18.5. The van der Waals surface area contributed by atoms with Crippen molar-refractivity contribution >= 4 is 11.8 Å². The van der Waals surface area contributed by atoms with E-state index >= 15 is 0 Å². The molecular weight excluding hydrogens is 352 g/mol. The van der Waals surface area contributed by atoms with Crippen molar-refractivity contribution in [2.75, 3.05) is 33.8 Å². The minimum absolute atomic E-state index is 0.00245. The molecule has 2 heterocycles. The minimum Gasteiger partial charge on any atom is -0.497 e. The zero-order valence-corrected chi connectivity index (χ0v) is 16.5. The van der Waals surface area contributed by atoms with Crippen LogP contribution in [0.1, 0.15) is 29.6 Å². The summed E-state index contributed by atoms with van der Waals surface area (Å²) in [6.07, 6.45) is 2.65. The van der Waals surface area contributed by atoms with Crippen molar-refractivity contribution in [3.63, 3.8) is 0 Å². The van der Waals surface area contributed by atoms with E-state index in [4.69, 9.17) is 4.74 Å². The molecule has 2 aromatic rings. The zero-order chi connectivity index (χ0) is 19.7. The number of nitrogens with zero attached hydrogens (tertiary/aromatic N) is 2. The van der Waals surface area contributed by atoms with Crippen LogP contribution in [0, 0.1) is 5.41 Å². The van der Waals surface area contributed by atoms with E-state index in [1.165, 1.54) is 0 Å². The number of carbonyl (C=O) groups excluding carboxylic acids is 2. The molecule has 2 saturated heterocycles. The normalized spacial score (nSPS) is 22.0. The summed E-state index contributed by atoms with van der Waals surface area (Å²) < 4.78 is 5.31. The number of amides is 2. The lowest BCUT2D eigenvalue weighted by atomic mass is 9.78. The molecule has 0 aromatic heterocycles. The highest BCUT2D eigenvalue weighted by atomic mass is 16.5. The van der Waals surface area contributed by atoms with Crippen LogP contribution in [0.3, 0.4) is 0 Å². The van der Waals surface area contributed by atoms with Gasteiger partial charge >= 0.3 is 0 Å².